The molecule has 1 heterocycles. The van der Waals surface area contributed by atoms with Crippen LogP contribution in [0.2, 0.25) is 0 Å². The van der Waals surface area contributed by atoms with Crippen LogP contribution in [0, 0.1) is 0 Å². The first-order valence-electron chi connectivity index (χ1n) is 5.47. The van der Waals surface area contributed by atoms with Gasteiger partial charge in [-0.15, -0.1) is 5.10 Å². The number of hydrogen-bond acceptors (Lipinski definition) is 3. The summed E-state index contributed by atoms with van der Waals surface area (Å²) in [4.78, 5) is 0. The number of hydrogen-bond donors (Lipinski definition) is 1. The van der Waals surface area contributed by atoms with E-state index in [9.17, 15) is 0 Å². The Labute approximate surface area is 109 Å². The molecule has 0 saturated carbocycles. The van der Waals surface area contributed by atoms with Gasteiger partial charge in [-0.25, -0.2) is 0 Å². The van der Waals surface area contributed by atoms with Crippen LogP contribution in [0.4, 0.5) is 0 Å². The predicted molar refractivity (Wildman–Crippen MR) is 70.6 cm³/mol. The van der Waals surface area contributed by atoms with Crippen molar-refractivity contribution < 1.29 is 0 Å². The van der Waals surface area contributed by atoms with E-state index in [1.165, 1.54) is 5.56 Å². The van der Waals surface area contributed by atoms with E-state index < -0.39 is 0 Å². The monoisotopic (exact) mass is 294 g/mol. The zero-order valence-corrected chi connectivity index (χ0v) is 11.5. The fraction of sp³-hybridized carbons (Fsp3) is 0.333. The third-order valence-electron chi connectivity index (χ3n) is 2.68. The highest BCUT2D eigenvalue weighted by molar-refractivity contribution is 9.10. The smallest absolute Gasteiger partial charge is 0.0845 e. The van der Waals surface area contributed by atoms with Crippen LogP contribution in [0.25, 0.3) is 0 Å². The lowest BCUT2D eigenvalue weighted by molar-refractivity contribution is 0.583. The Morgan fingerprint density at radius 2 is 2.06 bits per heavy atom. The SMILES string of the molecule is CNC(Cc1cn(C)nn1)c1ccc(Br)cc1. The average molecular weight is 295 g/mol. The first kappa shape index (κ1) is 12.3. The van der Waals surface area contributed by atoms with E-state index in [1.54, 1.807) is 4.68 Å². The molecule has 1 unspecified atom stereocenters. The van der Waals surface area contributed by atoms with Crippen molar-refractivity contribution in [3.8, 4) is 0 Å². The van der Waals surface area contributed by atoms with Gasteiger partial charge in [-0.2, -0.15) is 0 Å². The van der Waals surface area contributed by atoms with Crippen molar-refractivity contribution in [1.29, 1.82) is 0 Å². The van der Waals surface area contributed by atoms with E-state index in [0.717, 1.165) is 16.6 Å². The highest BCUT2D eigenvalue weighted by Gasteiger charge is 2.11. The van der Waals surface area contributed by atoms with Crippen LogP contribution in [0.5, 0.6) is 0 Å². The number of halogens is 1. The molecule has 0 aliphatic heterocycles. The van der Waals surface area contributed by atoms with Gasteiger partial charge in [-0.3, -0.25) is 4.68 Å². The van der Waals surface area contributed by atoms with Gasteiger partial charge in [-0.05, 0) is 24.7 Å². The van der Waals surface area contributed by atoms with Gasteiger partial charge in [0, 0.05) is 30.2 Å². The number of likely N-dealkylation sites (N-methyl/N-ethyl adjacent to an activating group) is 1. The molecule has 5 heteroatoms. The number of aryl methyl sites for hydroxylation is 1. The van der Waals surface area contributed by atoms with E-state index in [-0.39, 0.29) is 6.04 Å². The minimum absolute atomic E-state index is 0.264. The maximum Gasteiger partial charge on any atom is 0.0845 e. The van der Waals surface area contributed by atoms with Crippen LogP contribution < -0.4 is 5.32 Å². The van der Waals surface area contributed by atoms with Crippen molar-refractivity contribution in [3.05, 3.63) is 46.2 Å². The summed E-state index contributed by atoms with van der Waals surface area (Å²) in [6.07, 6.45) is 2.79. The first-order chi connectivity index (χ1) is 8.19. The van der Waals surface area contributed by atoms with Gasteiger partial charge in [0.15, 0.2) is 0 Å². The van der Waals surface area contributed by atoms with E-state index in [2.05, 4.69) is 55.8 Å². The van der Waals surface area contributed by atoms with Gasteiger partial charge < -0.3 is 5.32 Å². The van der Waals surface area contributed by atoms with Crippen molar-refractivity contribution >= 4 is 15.9 Å². The molecule has 1 N–H and O–H groups in total. The lowest BCUT2D eigenvalue weighted by Gasteiger charge is -2.15. The molecule has 0 fully saturated rings. The zero-order valence-electron chi connectivity index (χ0n) is 9.89. The van der Waals surface area contributed by atoms with Crippen LogP contribution in [0.1, 0.15) is 17.3 Å². The molecule has 1 aromatic heterocycles. The lowest BCUT2D eigenvalue weighted by atomic mass is 10.0. The second-order valence-corrected chi connectivity index (χ2v) is 4.90. The molecule has 0 radical (unpaired) electrons. The summed E-state index contributed by atoms with van der Waals surface area (Å²) in [5, 5.41) is 11.4. The quantitative estimate of drug-likeness (QED) is 0.939. The van der Waals surface area contributed by atoms with E-state index in [4.69, 9.17) is 0 Å². The lowest BCUT2D eigenvalue weighted by Crippen LogP contribution is -2.18. The number of aromatic nitrogens is 3. The molecule has 1 aromatic carbocycles. The zero-order chi connectivity index (χ0) is 12.3. The van der Waals surface area contributed by atoms with Gasteiger partial charge in [0.05, 0.1) is 5.69 Å². The Bertz CT molecular complexity index is 478. The summed E-state index contributed by atoms with van der Waals surface area (Å²) in [6.45, 7) is 0. The Balaban J connectivity index is 2.13. The van der Waals surface area contributed by atoms with Gasteiger partial charge in [0.1, 0.15) is 0 Å². The highest BCUT2D eigenvalue weighted by atomic mass is 79.9. The molecule has 2 rings (SSSR count). The maximum absolute atomic E-state index is 4.11. The van der Waals surface area contributed by atoms with Crippen molar-refractivity contribution in [2.24, 2.45) is 7.05 Å². The van der Waals surface area contributed by atoms with Gasteiger partial charge in [0.25, 0.3) is 0 Å². The molecule has 17 heavy (non-hydrogen) atoms. The van der Waals surface area contributed by atoms with Crippen LogP contribution in [-0.4, -0.2) is 22.0 Å². The van der Waals surface area contributed by atoms with Crippen molar-refractivity contribution in [1.82, 2.24) is 20.3 Å². The van der Waals surface area contributed by atoms with Crippen molar-refractivity contribution in [3.63, 3.8) is 0 Å². The van der Waals surface area contributed by atoms with Gasteiger partial charge in [0.2, 0.25) is 0 Å². The summed E-state index contributed by atoms with van der Waals surface area (Å²) < 4.78 is 2.82. The largest absolute Gasteiger partial charge is 0.313 e. The Morgan fingerprint density at radius 3 is 2.59 bits per heavy atom. The van der Waals surface area contributed by atoms with Gasteiger partial charge >= 0.3 is 0 Å². The minimum atomic E-state index is 0.264. The maximum atomic E-state index is 4.11. The third-order valence-corrected chi connectivity index (χ3v) is 3.21. The molecule has 0 aliphatic rings. The average Bonchev–Trinajstić information content (AvgIpc) is 2.73. The molecule has 1 atom stereocenters. The molecule has 0 aliphatic carbocycles. The Hall–Kier alpha value is -1.20. The second kappa shape index (κ2) is 5.42. The normalized spacial score (nSPS) is 12.6. The van der Waals surface area contributed by atoms with Crippen molar-refractivity contribution in [2.75, 3.05) is 7.05 Å². The first-order valence-corrected chi connectivity index (χ1v) is 6.26. The summed E-state index contributed by atoms with van der Waals surface area (Å²) >= 11 is 3.44. The molecule has 0 saturated heterocycles. The minimum Gasteiger partial charge on any atom is -0.313 e. The number of nitrogens with zero attached hydrogens (tertiary/aromatic N) is 3. The molecule has 0 spiro atoms. The fourth-order valence-corrected chi connectivity index (χ4v) is 2.04. The topological polar surface area (TPSA) is 42.7 Å². The van der Waals surface area contributed by atoms with Gasteiger partial charge in [-0.1, -0.05) is 33.3 Å². The van der Waals surface area contributed by atoms with E-state index >= 15 is 0 Å². The third kappa shape index (κ3) is 3.14. The molecular weight excluding hydrogens is 280 g/mol. The van der Waals surface area contributed by atoms with E-state index in [1.807, 2.05) is 20.3 Å². The number of benzene rings is 1. The van der Waals surface area contributed by atoms with Crippen LogP contribution in [-0.2, 0) is 13.5 Å². The molecule has 0 amide bonds. The molecule has 2 aromatic rings. The second-order valence-electron chi connectivity index (χ2n) is 3.98. The predicted octanol–water partition coefficient (Wildman–Crippen LogP) is 2.08. The van der Waals surface area contributed by atoms with Crippen LogP contribution in [0.15, 0.2) is 34.9 Å². The fourth-order valence-electron chi connectivity index (χ4n) is 1.78. The molecule has 0 bridgehead atoms. The molecule has 90 valence electrons. The van der Waals surface area contributed by atoms with Crippen LogP contribution in [0.3, 0.4) is 0 Å². The van der Waals surface area contributed by atoms with Crippen LogP contribution >= 0.6 is 15.9 Å². The Kier molecular flexibility index (Phi) is 3.91. The number of rotatable bonds is 4. The van der Waals surface area contributed by atoms with E-state index in [0.29, 0.717) is 0 Å². The molecule has 4 nitrogen and oxygen atoms in total. The molecular formula is C12H15BrN4. The van der Waals surface area contributed by atoms with Crippen molar-refractivity contribution in [2.45, 2.75) is 12.5 Å². The summed E-state index contributed by atoms with van der Waals surface area (Å²) in [5.74, 6) is 0. The standard InChI is InChI=1S/C12H15BrN4/c1-14-12(7-11-8-17(2)16-15-11)9-3-5-10(13)6-4-9/h3-6,8,12,14H,7H2,1-2H3. The summed E-state index contributed by atoms with van der Waals surface area (Å²) in [7, 11) is 3.84. The Morgan fingerprint density at radius 1 is 1.35 bits per heavy atom. The number of nitrogens with one attached hydrogen (secondary N) is 1. The summed E-state index contributed by atoms with van der Waals surface area (Å²) in [5.41, 5.74) is 2.25. The summed E-state index contributed by atoms with van der Waals surface area (Å²) in [6, 6.07) is 8.59. The highest BCUT2D eigenvalue weighted by Crippen LogP contribution is 2.19.